The van der Waals surface area contributed by atoms with Gasteiger partial charge in [0.2, 0.25) is 0 Å². The monoisotopic (exact) mass is 314 g/mol. The molecule has 9 heteroatoms. The molecule has 0 radical (unpaired) electrons. The van der Waals surface area contributed by atoms with Gasteiger partial charge in [0.05, 0.1) is 18.0 Å². The summed E-state index contributed by atoms with van der Waals surface area (Å²) in [5.41, 5.74) is -0.485. The van der Waals surface area contributed by atoms with Crippen molar-refractivity contribution >= 4 is 21.6 Å². The van der Waals surface area contributed by atoms with Crippen molar-refractivity contribution in [2.45, 2.75) is 12.6 Å². The Kier molecular flexibility index (Phi) is 4.27. The van der Waals surface area contributed by atoms with Gasteiger partial charge in [-0.05, 0) is 15.9 Å². The quantitative estimate of drug-likeness (QED) is 0.632. The van der Waals surface area contributed by atoms with E-state index in [1.54, 1.807) is 0 Å². The minimum Gasteiger partial charge on any atom is -0.472 e. The molecule has 0 aliphatic carbocycles. The minimum absolute atomic E-state index is 0.340. The van der Waals surface area contributed by atoms with Crippen LogP contribution in [0.3, 0.4) is 0 Å². The molecule has 1 heterocycles. The number of hydrogen-bond acceptors (Lipinski definition) is 4. The van der Waals surface area contributed by atoms with E-state index in [9.17, 15) is 23.3 Å². The predicted octanol–water partition coefficient (Wildman–Crippen LogP) is 3.08. The summed E-state index contributed by atoms with van der Waals surface area (Å²) in [4.78, 5) is 13.3. The first-order valence-electron chi connectivity index (χ1n) is 4.29. The van der Waals surface area contributed by atoms with E-state index in [-0.39, 0.29) is 0 Å². The van der Waals surface area contributed by atoms with Crippen LogP contribution in [0, 0.1) is 10.1 Å². The lowest BCUT2D eigenvalue weighted by molar-refractivity contribution is -0.386. The van der Waals surface area contributed by atoms with Crippen molar-refractivity contribution in [2.75, 3.05) is 6.61 Å². The molecule has 0 fully saturated rings. The van der Waals surface area contributed by atoms with Crippen LogP contribution in [0.4, 0.5) is 18.9 Å². The van der Waals surface area contributed by atoms with Gasteiger partial charge in [-0.25, -0.2) is 4.98 Å². The van der Waals surface area contributed by atoms with E-state index in [1.807, 2.05) is 0 Å². The standard InChI is InChI=1S/C8H6BrF3N2O3/c9-5-3-6(14(15)16)7(13-4-5)17-2-1-8(10,11)12/h3-4H,1-2H2. The number of ether oxygens (including phenoxy) is 1. The predicted molar refractivity (Wildman–Crippen MR) is 54.8 cm³/mol. The van der Waals surface area contributed by atoms with Crippen molar-refractivity contribution in [1.82, 2.24) is 4.98 Å². The number of rotatable bonds is 4. The number of alkyl halides is 3. The average Bonchev–Trinajstić information content (AvgIpc) is 2.18. The van der Waals surface area contributed by atoms with E-state index in [1.165, 1.54) is 6.20 Å². The highest BCUT2D eigenvalue weighted by Gasteiger charge is 2.28. The molecule has 0 aliphatic rings. The zero-order valence-corrected chi connectivity index (χ0v) is 9.79. The lowest BCUT2D eigenvalue weighted by Crippen LogP contribution is -2.13. The largest absolute Gasteiger partial charge is 0.472 e. The number of aromatic nitrogens is 1. The van der Waals surface area contributed by atoms with E-state index in [2.05, 4.69) is 25.7 Å². The van der Waals surface area contributed by atoms with Gasteiger partial charge in [-0.1, -0.05) is 0 Å². The Morgan fingerprint density at radius 2 is 2.18 bits per heavy atom. The van der Waals surface area contributed by atoms with Crippen LogP contribution < -0.4 is 4.74 Å². The third kappa shape index (κ3) is 4.55. The van der Waals surface area contributed by atoms with Crippen LogP contribution in [-0.4, -0.2) is 22.7 Å². The Morgan fingerprint density at radius 1 is 1.53 bits per heavy atom. The summed E-state index contributed by atoms with van der Waals surface area (Å²) < 4.78 is 40.5. The maximum absolute atomic E-state index is 11.8. The second-order valence-electron chi connectivity index (χ2n) is 2.95. The number of hydrogen-bond donors (Lipinski definition) is 0. The lowest BCUT2D eigenvalue weighted by Gasteiger charge is -2.07. The first kappa shape index (κ1) is 13.7. The van der Waals surface area contributed by atoms with Gasteiger partial charge >= 0.3 is 11.9 Å². The summed E-state index contributed by atoms with van der Waals surface area (Å²) in [6.07, 6.45) is -4.36. The smallest absolute Gasteiger partial charge is 0.392 e. The van der Waals surface area contributed by atoms with Crippen LogP contribution in [0.2, 0.25) is 0 Å². The van der Waals surface area contributed by atoms with Crippen molar-refractivity contribution < 1.29 is 22.8 Å². The van der Waals surface area contributed by atoms with Gasteiger partial charge < -0.3 is 4.74 Å². The van der Waals surface area contributed by atoms with Crippen LogP contribution in [0.15, 0.2) is 16.7 Å². The molecular formula is C8H6BrF3N2O3. The number of halogens is 4. The molecule has 1 rings (SSSR count). The van der Waals surface area contributed by atoms with Crippen LogP contribution in [0.25, 0.3) is 0 Å². The Labute approximate surface area is 102 Å². The lowest BCUT2D eigenvalue weighted by atomic mass is 10.4. The molecule has 0 N–H and O–H groups in total. The Balaban J connectivity index is 2.74. The Bertz CT molecular complexity index is 425. The van der Waals surface area contributed by atoms with E-state index in [0.717, 1.165) is 6.07 Å². The first-order valence-corrected chi connectivity index (χ1v) is 5.08. The van der Waals surface area contributed by atoms with E-state index >= 15 is 0 Å². The maximum Gasteiger partial charge on any atom is 0.392 e. The molecule has 0 amide bonds. The SMILES string of the molecule is O=[N+]([O-])c1cc(Br)cnc1OCCC(F)(F)F. The van der Waals surface area contributed by atoms with Crippen molar-refractivity contribution in [1.29, 1.82) is 0 Å². The highest BCUT2D eigenvalue weighted by atomic mass is 79.9. The third-order valence-electron chi connectivity index (χ3n) is 1.62. The third-order valence-corrected chi connectivity index (χ3v) is 2.05. The van der Waals surface area contributed by atoms with E-state index in [4.69, 9.17) is 0 Å². The fourth-order valence-corrected chi connectivity index (χ4v) is 1.24. The zero-order chi connectivity index (χ0) is 13.1. The summed E-state index contributed by atoms with van der Waals surface area (Å²) in [5, 5.41) is 10.6. The van der Waals surface area contributed by atoms with E-state index < -0.39 is 35.7 Å². The van der Waals surface area contributed by atoms with Crippen molar-refractivity contribution in [3.05, 3.63) is 26.9 Å². The van der Waals surface area contributed by atoms with Gasteiger partial charge in [-0.15, -0.1) is 0 Å². The molecule has 0 bridgehead atoms. The molecular weight excluding hydrogens is 309 g/mol. The summed E-state index contributed by atoms with van der Waals surface area (Å²) in [6.45, 7) is -0.709. The summed E-state index contributed by atoms with van der Waals surface area (Å²) in [6, 6.07) is 1.11. The van der Waals surface area contributed by atoms with Gasteiger partial charge in [0.15, 0.2) is 0 Å². The second-order valence-corrected chi connectivity index (χ2v) is 3.86. The van der Waals surface area contributed by atoms with Gasteiger partial charge in [0.1, 0.15) is 0 Å². The summed E-state index contributed by atoms with van der Waals surface area (Å²) >= 11 is 2.96. The number of pyridine rings is 1. The van der Waals surface area contributed by atoms with Gasteiger partial charge in [-0.3, -0.25) is 10.1 Å². The molecule has 1 aromatic rings. The fraction of sp³-hybridized carbons (Fsp3) is 0.375. The van der Waals surface area contributed by atoms with Gasteiger partial charge in [-0.2, -0.15) is 13.2 Å². The maximum atomic E-state index is 11.8. The first-order chi connectivity index (χ1) is 7.79. The van der Waals surface area contributed by atoms with Crippen molar-refractivity contribution in [3.8, 4) is 5.88 Å². The highest BCUT2D eigenvalue weighted by molar-refractivity contribution is 9.10. The molecule has 0 atom stereocenters. The Hall–Kier alpha value is -1.38. The van der Waals surface area contributed by atoms with Crippen molar-refractivity contribution in [2.24, 2.45) is 0 Å². The molecule has 0 saturated carbocycles. The number of nitrogens with zero attached hydrogens (tertiary/aromatic N) is 2. The highest BCUT2D eigenvalue weighted by Crippen LogP contribution is 2.28. The topological polar surface area (TPSA) is 65.3 Å². The Morgan fingerprint density at radius 3 is 2.71 bits per heavy atom. The zero-order valence-electron chi connectivity index (χ0n) is 8.20. The second kappa shape index (κ2) is 5.30. The van der Waals surface area contributed by atoms with Crippen LogP contribution in [0.5, 0.6) is 5.88 Å². The van der Waals surface area contributed by atoms with Crippen LogP contribution in [0.1, 0.15) is 6.42 Å². The van der Waals surface area contributed by atoms with Crippen molar-refractivity contribution in [3.63, 3.8) is 0 Å². The average molecular weight is 315 g/mol. The van der Waals surface area contributed by atoms with E-state index in [0.29, 0.717) is 4.47 Å². The van der Waals surface area contributed by atoms with Gasteiger partial charge in [0, 0.05) is 16.7 Å². The molecule has 0 spiro atoms. The van der Waals surface area contributed by atoms with Crippen LogP contribution >= 0.6 is 15.9 Å². The molecule has 0 aromatic carbocycles. The molecule has 1 aromatic heterocycles. The molecule has 0 saturated heterocycles. The molecule has 94 valence electrons. The normalized spacial score (nSPS) is 11.3. The summed E-state index contributed by atoms with van der Waals surface area (Å²) in [7, 11) is 0. The van der Waals surface area contributed by atoms with Crippen LogP contribution in [-0.2, 0) is 0 Å². The minimum atomic E-state index is -4.37. The molecule has 0 unspecified atom stereocenters. The molecule has 5 nitrogen and oxygen atoms in total. The fourth-order valence-electron chi connectivity index (χ4n) is 0.921. The number of nitro groups is 1. The molecule has 0 aliphatic heterocycles. The molecule has 17 heavy (non-hydrogen) atoms. The van der Waals surface area contributed by atoms with Gasteiger partial charge in [0.25, 0.3) is 5.88 Å². The summed E-state index contributed by atoms with van der Waals surface area (Å²) in [5.74, 6) is -0.428.